The number of benzene rings is 3. The van der Waals surface area contributed by atoms with Gasteiger partial charge in [-0.1, -0.05) is 48.5 Å². The first-order valence-electron chi connectivity index (χ1n) is 8.42. The van der Waals surface area contributed by atoms with Gasteiger partial charge in [-0.05, 0) is 33.5 Å². The highest BCUT2D eigenvalue weighted by molar-refractivity contribution is 6.11. The summed E-state index contributed by atoms with van der Waals surface area (Å²) in [5.74, 6) is 0. The molecule has 2 heterocycles. The third-order valence-corrected chi connectivity index (χ3v) is 5.48. The SMILES string of the molecule is c1ccc2c(c1)c1c(c3ccccc32)C[N+]2=C(CCCC2)C1. The van der Waals surface area contributed by atoms with E-state index in [2.05, 4.69) is 53.1 Å². The lowest BCUT2D eigenvalue weighted by atomic mass is 9.85. The van der Waals surface area contributed by atoms with E-state index in [0.717, 1.165) is 13.0 Å². The Morgan fingerprint density at radius 3 is 2.05 bits per heavy atom. The molecule has 3 aromatic carbocycles. The summed E-state index contributed by atoms with van der Waals surface area (Å²) in [6.45, 7) is 2.35. The van der Waals surface area contributed by atoms with Crippen LogP contribution < -0.4 is 0 Å². The number of fused-ring (bicyclic) bond motifs is 6. The minimum atomic E-state index is 1.11. The summed E-state index contributed by atoms with van der Waals surface area (Å²) < 4.78 is 2.65. The summed E-state index contributed by atoms with van der Waals surface area (Å²) in [5, 5.41) is 5.76. The zero-order valence-corrected chi connectivity index (χ0v) is 12.8. The quantitative estimate of drug-likeness (QED) is 0.417. The molecule has 0 atom stereocenters. The summed E-state index contributed by atoms with van der Waals surface area (Å²) in [4.78, 5) is 0. The van der Waals surface area contributed by atoms with Gasteiger partial charge in [0, 0.05) is 18.4 Å². The average Bonchev–Trinajstić information content (AvgIpc) is 2.61. The first-order chi connectivity index (χ1) is 10.9. The predicted octanol–water partition coefficient (Wildman–Crippen LogP) is 4.69. The number of hydrogen-bond acceptors (Lipinski definition) is 0. The van der Waals surface area contributed by atoms with E-state index in [-0.39, 0.29) is 0 Å². The Bertz CT molecular complexity index is 856. The molecule has 0 aromatic heterocycles. The Kier molecular flexibility index (Phi) is 2.63. The molecule has 108 valence electrons. The van der Waals surface area contributed by atoms with E-state index in [1.54, 1.807) is 16.8 Å². The molecular formula is C21H20N+. The van der Waals surface area contributed by atoms with Crippen LogP contribution in [0.3, 0.4) is 0 Å². The van der Waals surface area contributed by atoms with Crippen molar-refractivity contribution in [3.63, 3.8) is 0 Å². The summed E-state index contributed by atoms with van der Waals surface area (Å²) in [6, 6.07) is 17.9. The minimum Gasteiger partial charge on any atom is -0.232 e. The topological polar surface area (TPSA) is 3.01 Å². The molecule has 0 N–H and O–H groups in total. The largest absolute Gasteiger partial charge is 0.232 e. The molecule has 1 nitrogen and oxygen atoms in total. The summed E-state index contributed by atoms with van der Waals surface area (Å²) in [7, 11) is 0. The minimum absolute atomic E-state index is 1.11. The monoisotopic (exact) mass is 286 g/mol. The van der Waals surface area contributed by atoms with Gasteiger partial charge >= 0.3 is 0 Å². The van der Waals surface area contributed by atoms with Crippen LogP contribution in [0.4, 0.5) is 0 Å². The number of rotatable bonds is 0. The van der Waals surface area contributed by atoms with Crippen molar-refractivity contribution in [1.82, 2.24) is 0 Å². The molecule has 0 unspecified atom stereocenters. The molecule has 0 bridgehead atoms. The van der Waals surface area contributed by atoms with Crippen molar-refractivity contribution < 1.29 is 4.58 Å². The Morgan fingerprint density at radius 1 is 0.682 bits per heavy atom. The highest BCUT2D eigenvalue weighted by Gasteiger charge is 2.29. The van der Waals surface area contributed by atoms with E-state index in [9.17, 15) is 0 Å². The van der Waals surface area contributed by atoms with E-state index in [0.29, 0.717) is 0 Å². The standard InChI is InChI=1S/C21H20N/c1-3-10-18-16(8-1)17-9-2-4-11-19(17)21-14-22-12-6-5-7-15(22)13-20(18)21/h1-4,8-11H,5-7,12-14H2/q+1. The van der Waals surface area contributed by atoms with E-state index < -0.39 is 0 Å². The second kappa shape index (κ2) is 4.67. The third-order valence-electron chi connectivity index (χ3n) is 5.48. The van der Waals surface area contributed by atoms with Gasteiger partial charge in [0.25, 0.3) is 0 Å². The fourth-order valence-corrected chi connectivity index (χ4v) is 4.40. The highest BCUT2D eigenvalue weighted by atomic mass is 15.0. The van der Waals surface area contributed by atoms with Crippen molar-refractivity contribution in [2.75, 3.05) is 6.54 Å². The first kappa shape index (κ1) is 12.4. The van der Waals surface area contributed by atoms with E-state index >= 15 is 0 Å². The van der Waals surface area contributed by atoms with Crippen molar-refractivity contribution >= 4 is 27.3 Å². The fraction of sp³-hybridized carbons (Fsp3) is 0.286. The molecule has 0 spiro atoms. The molecule has 2 aliphatic heterocycles. The Labute approximate surface area is 130 Å². The van der Waals surface area contributed by atoms with Gasteiger partial charge in [0.15, 0.2) is 12.3 Å². The van der Waals surface area contributed by atoms with Gasteiger partial charge in [0.05, 0.1) is 6.42 Å². The van der Waals surface area contributed by atoms with Crippen LogP contribution >= 0.6 is 0 Å². The normalized spacial score (nSPS) is 17.6. The maximum Gasteiger partial charge on any atom is 0.169 e. The van der Waals surface area contributed by atoms with Crippen LogP contribution in [0.25, 0.3) is 21.5 Å². The van der Waals surface area contributed by atoms with Crippen LogP contribution in [0.1, 0.15) is 30.4 Å². The number of nitrogens with zero attached hydrogens (tertiary/aromatic N) is 1. The van der Waals surface area contributed by atoms with Gasteiger partial charge in [0.1, 0.15) is 6.54 Å². The van der Waals surface area contributed by atoms with Crippen LogP contribution in [0.5, 0.6) is 0 Å². The average molecular weight is 286 g/mol. The maximum atomic E-state index is 2.65. The molecule has 0 aliphatic carbocycles. The molecule has 0 amide bonds. The summed E-state index contributed by atoms with van der Waals surface area (Å²) in [6.07, 6.45) is 5.16. The molecule has 0 saturated heterocycles. The van der Waals surface area contributed by atoms with Crippen molar-refractivity contribution in [3.8, 4) is 0 Å². The van der Waals surface area contributed by atoms with Gasteiger partial charge < -0.3 is 0 Å². The third kappa shape index (κ3) is 1.68. The maximum absolute atomic E-state index is 2.65. The molecule has 1 heteroatoms. The molecule has 0 saturated carbocycles. The van der Waals surface area contributed by atoms with Gasteiger partial charge in [-0.25, -0.2) is 4.58 Å². The van der Waals surface area contributed by atoms with E-state index in [4.69, 9.17) is 0 Å². The number of hydrogen-bond donors (Lipinski definition) is 0. The van der Waals surface area contributed by atoms with Crippen molar-refractivity contribution in [2.24, 2.45) is 0 Å². The zero-order valence-electron chi connectivity index (χ0n) is 12.8. The van der Waals surface area contributed by atoms with Gasteiger partial charge in [0.2, 0.25) is 0 Å². The molecule has 5 rings (SSSR count). The van der Waals surface area contributed by atoms with Crippen LogP contribution in [0.15, 0.2) is 48.5 Å². The molecule has 0 radical (unpaired) electrons. The van der Waals surface area contributed by atoms with Gasteiger partial charge in [-0.3, -0.25) is 0 Å². The van der Waals surface area contributed by atoms with Crippen LogP contribution in [-0.2, 0) is 13.0 Å². The molecule has 22 heavy (non-hydrogen) atoms. The van der Waals surface area contributed by atoms with Crippen molar-refractivity contribution in [3.05, 3.63) is 59.7 Å². The first-order valence-corrected chi connectivity index (χ1v) is 8.42. The second-order valence-corrected chi connectivity index (χ2v) is 6.67. The molecular weight excluding hydrogens is 266 g/mol. The second-order valence-electron chi connectivity index (χ2n) is 6.67. The molecule has 3 aromatic rings. The lowest BCUT2D eigenvalue weighted by Gasteiger charge is -2.24. The zero-order chi connectivity index (χ0) is 14.5. The lowest BCUT2D eigenvalue weighted by molar-refractivity contribution is -0.551. The lowest BCUT2D eigenvalue weighted by Crippen LogP contribution is -2.32. The molecule has 0 fully saturated rings. The fourth-order valence-electron chi connectivity index (χ4n) is 4.40. The van der Waals surface area contributed by atoms with Crippen LogP contribution in [-0.4, -0.2) is 16.8 Å². The highest BCUT2D eigenvalue weighted by Crippen LogP contribution is 2.36. The molecule has 2 aliphatic rings. The van der Waals surface area contributed by atoms with E-state index in [1.807, 2.05) is 0 Å². The Morgan fingerprint density at radius 2 is 1.32 bits per heavy atom. The van der Waals surface area contributed by atoms with Crippen molar-refractivity contribution in [1.29, 1.82) is 0 Å². The van der Waals surface area contributed by atoms with E-state index in [1.165, 1.54) is 47.4 Å². The van der Waals surface area contributed by atoms with Crippen molar-refractivity contribution in [2.45, 2.75) is 32.2 Å². The summed E-state index contributed by atoms with van der Waals surface area (Å²) in [5.41, 5.74) is 4.82. The van der Waals surface area contributed by atoms with Crippen LogP contribution in [0.2, 0.25) is 0 Å². The Hall–Kier alpha value is -2.15. The van der Waals surface area contributed by atoms with Gasteiger partial charge in [-0.15, -0.1) is 0 Å². The summed E-state index contributed by atoms with van der Waals surface area (Å²) >= 11 is 0. The van der Waals surface area contributed by atoms with Gasteiger partial charge in [-0.2, -0.15) is 0 Å². The smallest absolute Gasteiger partial charge is 0.169 e. The Balaban J connectivity index is 1.88. The predicted molar refractivity (Wildman–Crippen MR) is 92.8 cm³/mol. The van der Waals surface area contributed by atoms with Crippen LogP contribution in [0, 0.1) is 0 Å².